The lowest BCUT2D eigenvalue weighted by Gasteiger charge is -2.10. The summed E-state index contributed by atoms with van der Waals surface area (Å²) in [5.41, 5.74) is 1.92. The van der Waals surface area contributed by atoms with E-state index in [4.69, 9.17) is 23.2 Å². The van der Waals surface area contributed by atoms with Crippen LogP contribution in [0, 0.1) is 6.92 Å². The number of amides is 1. The minimum atomic E-state index is -3.65. The van der Waals surface area contributed by atoms with Gasteiger partial charge in [-0.15, -0.1) is 11.8 Å². The summed E-state index contributed by atoms with van der Waals surface area (Å²) in [6.07, 6.45) is 0. The van der Waals surface area contributed by atoms with E-state index < -0.39 is 10.0 Å². The first-order chi connectivity index (χ1) is 14.2. The van der Waals surface area contributed by atoms with Crippen LogP contribution in [0.1, 0.15) is 5.56 Å². The predicted octanol–water partition coefficient (Wildman–Crippen LogP) is 5.83. The lowest BCUT2D eigenvalue weighted by molar-refractivity contribution is -0.113. The van der Waals surface area contributed by atoms with Crippen molar-refractivity contribution in [1.29, 1.82) is 0 Å². The Morgan fingerprint density at radius 2 is 1.63 bits per heavy atom. The highest BCUT2D eigenvalue weighted by atomic mass is 35.5. The fourth-order valence-electron chi connectivity index (χ4n) is 2.48. The average Bonchev–Trinajstić information content (AvgIpc) is 2.70. The molecule has 0 saturated carbocycles. The zero-order valence-electron chi connectivity index (χ0n) is 15.9. The van der Waals surface area contributed by atoms with Crippen molar-refractivity contribution in [2.75, 3.05) is 15.8 Å². The van der Waals surface area contributed by atoms with E-state index in [1.807, 2.05) is 6.92 Å². The number of carbonyl (C=O) groups excluding carboxylic acids is 1. The van der Waals surface area contributed by atoms with E-state index in [2.05, 4.69) is 10.0 Å². The summed E-state index contributed by atoms with van der Waals surface area (Å²) in [6, 6.07) is 18.3. The summed E-state index contributed by atoms with van der Waals surface area (Å²) in [6.45, 7) is 1.89. The van der Waals surface area contributed by atoms with Gasteiger partial charge >= 0.3 is 0 Å². The van der Waals surface area contributed by atoms with Gasteiger partial charge in [-0.1, -0.05) is 40.9 Å². The van der Waals surface area contributed by atoms with Crippen LogP contribution >= 0.6 is 35.0 Å². The second-order valence-electron chi connectivity index (χ2n) is 6.40. The zero-order valence-corrected chi connectivity index (χ0v) is 19.0. The molecule has 2 N–H and O–H groups in total. The predicted molar refractivity (Wildman–Crippen MR) is 124 cm³/mol. The molecule has 0 heterocycles. The molecule has 0 bridgehead atoms. The van der Waals surface area contributed by atoms with Crippen LogP contribution in [0.2, 0.25) is 10.0 Å². The Labute approximate surface area is 189 Å². The van der Waals surface area contributed by atoms with Gasteiger partial charge in [0, 0.05) is 15.6 Å². The number of sulfonamides is 1. The van der Waals surface area contributed by atoms with Gasteiger partial charge in [0.15, 0.2) is 0 Å². The minimum absolute atomic E-state index is 0.174. The van der Waals surface area contributed by atoms with E-state index in [-0.39, 0.29) is 16.6 Å². The summed E-state index contributed by atoms with van der Waals surface area (Å²) >= 11 is 13.2. The first kappa shape index (κ1) is 22.5. The lowest BCUT2D eigenvalue weighted by atomic mass is 10.2. The molecule has 0 saturated heterocycles. The molecule has 30 heavy (non-hydrogen) atoms. The Morgan fingerprint density at radius 3 is 2.27 bits per heavy atom. The summed E-state index contributed by atoms with van der Waals surface area (Å²) in [5.74, 6) is -0.0405. The van der Waals surface area contributed by atoms with E-state index >= 15 is 0 Å². The van der Waals surface area contributed by atoms with Crippen molar-refractivity contribution in [2.24, 2.45) is 0 Å². The molecule has 0 fully saturated rings. The van der Waals surface area contributed by atoms with Crippen LogP contribution in [0.3, 0.4) is 0 Å². The highest BCUT2D eigenvalue weighted by Gasteiger charge is 2.14. The van der Waals surface area contributed by atoms with Gasteiger partial charge in [-0.2, -0.15) is 0 Å². The van der Waals surface area contributed by atoms with E-state index in [1.165, 1.54) is 11.8 Å². The fraction of sp³-hybridized carbons (Fsp3) is 0.0952. The van der Waals surface area contributed by atoms with Crippen molar-refractivity contribution >= 4 is 62.3 Å². The molecule has 0 aliphatic rings. The van der Waals surface area contributed by atoms with Crippen LogP contribution in [0.5, 0.6) is 0 Å². The molecule has 3 aromatic rings. The molecule has 0 aromatic heterocycles. The summed E-state index contributed by atoms with van der Waals surface area (Å²) in [4.78, 5) is 13.2. The Hall–Kier alpha value is -2.19. The van der Waals surface area contributed by atoms with Crippen molar-refractivity contribution in [3.63, 3.8) is 0 Å². The number of rotatable bonds is 7. The van der Waals surface area contributed by atoms with Crippen LogP contribution < -0.4 is 10.0 Å². The Balaban J connectivity index is 1.56. The van der Waals surface area contributed by atoms with Crippen molar-refractivity contribution in [2.45, 2.75) is 16.7 Å². The third-order valence-electron chi connectivity index (χ3n) is 4.01. The topological polar surface area (TPSA) is 75.3 Å². The molecule has 1 amide bonds. The fourth-order valence-corrected chi connectivity index (χ4v) is 4.69. The second kappa shape index (κ2) is 9.75. The van der Waals surface area contributed by atoms with Gasteiger partial charge in [0.1, 0.15) is 0 Å². The molecule has 3 rings (SSSR count). The van der Waals surface area contributed by atoms with E-state index in [1.54, 1.807) is 66.7 Å². The van der Waals surface area contributed by atoms with Crippen molar-refractivity contribution in [1.82, 2.24) is 0 Å². The van der Waals surface area contributed by atoms with Gasteiger partial charge in [0.2, 0.25) is 5.91 Å². The number of halogens is 2. The van der Waals surface area contributed by atoms with E-state index in [0.29, 0.717) is 21.4 Å². The number of hydrogen-bond donors (Lipinski definition) is 2. The molecule has 0 atom stereocenters. The second-order valence-corrected chi connectivity index (χ2v) is 9.98. The first-order valence-corrected chi connectivity index (χ1v) is 12.0. The van der Waals surface area contributed by atoms with Gasteiger partial charge in [-0.3, -0.25) is 9.52 Å². The Kier molecular flexibility index (Phi) is 7.31. The standard InChI is InChI=1S/C21H18Cl2N2O3S2/c1-14-2-9-18(10-3-14)30(27,28)25-16-5-7-17(8-6-16)29-13-21(26)24-20-11-4-15(22)12-19(20)23/h2-12,25H,13H2,1H3,(H,24,26). The quantitative estimate of drug-likeness (QED) is 0.416. The molecule has 0 unspecified atom stereocenters. The molecule has 0 radical (unpaired) electrons. The lowest BCUT2D eigenvalue weighted by Crippen LogP contribution is -2.14. The number of aryl methyl sites for hydroxylation is 1. The van der Waals surface area contributed by atoms with Crippen LogP contribution in [-0.2, 0) is 14.8 Å². The molecule has 0 spiro atoms. The molecule has 9 heteroatoms. The Bertz CT molecular complexity index is 1150. The molecule has 5 nitrogen and oxygen atoms in total. The van der Waals surface area contributed by atoms with Crippen LogP contribution in [-0.4, -0.2) is 20.1 Å². The number of benzene rings is 3. The van der Waals surface area contributed by atoms with Gasteiger partial charge in [0.25, 0.3) is 10.0 Å². The number of hydrogen-bond acceptors (Lipinski definition) is 4. The number of carbonyl (C=O) groups is 1. The third kappa shape index (κ3) is 6.15. The SMILES string of the molecule is Cc1ccc(S(=O)(=O)Nc2ccc(SCC(=O)Nc3ccc(Cl)cc3Cl)cc2)cc1. The van der Waals surface area contributed by atoms with E-state index in [0.717, 1.165) is 10.5 Å². The Morgan fingerprint density at radius 1 is 0.967 bits per heavy atom. The molecule has 0 aliphatic heterocycles. The van der Waals surface area contributed by atoms with Gasteiger partial charge < -0.3 is 5.32 Å². The van der Waals surface area contributed by atoms with Crippen LogP contribution in [0.25, 0.3) is 0 Å². The normalized spacial score (nSPS) is 11.2. The zero-order chi connectivity index (χ0) is 21.7. The first-order valence-electron chi connectivity index (χ1n) is 8.80. The highest BCUT2D eigenvalue weighted by Crippen LogP contribution is 2.26. The summed E-state index contributed by atoms with van der Waals surface area (Å²) in [5, 5.41) is 3.59. The van der Waals surface area contributed by atoms with Gasteiger partial charge in [-0.25, -0.2) is 8.42 Å². The monoisotopic (exact) mass is 480 g/mol. The third-order valence-corrected chi connectivity index (χ3v) is 6.97. The molecule has 3 aromatic carbocycles. The van der Waals surface area contributed by atoms with Gasteiger partial charge in [0.05, 0.1) is 21.4 Å². The van der Waals surface area contributed by atoms with Crippen LogP contribution in [0.4, 0.5) is 11.4 Å². The summed E-state index contributed by atoms with van der Waals surface area (Å²) in [7, 11) is -3.65. The largest absolute Gasteiger partial charge is 0.324 e. The molecule has 0 aliphatic carbocycles. The molecular weight excluding hydrogens is 463 g/mol. The molecule has 156 valence electrons. The van der Waals surface area contributed by atoms with Gasteiger partial charge in [-0.05, 0) is 61.5 Å². The smallest absolute Gasteiger partial charge is 0.261 e. The average molecular weight is 481 g/mol. The molecular formula is C21H18Cl2N2O3S2. The highest BCUT2D eigenvalue weighted by molar-refractivity contribution is 8.00. The van der Waals surface area contributed by atoms with E-state index in [9.17, 15) is 13.2 Å². The van der Waals surface area contributed by atoms with Crippen molar-refractivity contribution in [3.8, 4) is 0 Å². The number of anilines is 2. The van der Waals surface area contributed by atoms with Crippen LogP contribution in [0.15, 0.2) is 76.5 Å². The van der Waals surface area contributed by atoms with Crippen molar-refractivity contribution < 1.29 is 13.2 Å². The van der Waals surface area contributed by atoms with Crippen molar-refractivity contribution in [3.05, 3.63) is 82.3 Å². The maximum Gasteiger partial charge on any atom is 0.261 e. The maximum absolute atomic E-state index is 12.4. The number of nitrogens with one attached hydrogen (secondary N) is 2. The minimum Gasteiger partial charge on any atom is -0.324 e. The number of thioether (sulfide) groups is 1. The maximum atomic E-state index is 12.4. The summed E-state index contributed by atoms with van der Waals surface area (Å²) < 4.78 is 27.4.